The smallest absolute Gasteiger partial charge is 0.251 e. The van der Waals surface area contributed by atoms with Gasteiger partial charge in [0.25, 0.3) is 5.91 Å². The van der Waals surface area contributed by atoms with Crippen LogP contribution in [-0.4, -0.2) is 36.9 Å². The number of piperidine rings is 1. The zero-order chi connectivity index (χ0) is 23.3. The van der Waals surface area contributed by atoms with Crippen molar-refractivity contribution in [2.24, 2.45) is 17.6 Å². The Morgan fingerprint density at radius 2 is 1.59 bits per heavy atom. The van der Waals surface area contributed by atoms with Crippen LogP contribution in [0.25, 0.3) is 0 Å². The summed E-state index contributed by atoms with van der Waals surface area (Å²) in [4.78, 5) is 38.9. The molecule has 0 saturated carbocycles. The number of benzene rings is 2. The third-order valence-corrected chi connectivity index (χ3v) is 5.99. The first-order valence-electron chi connectivity index (χ1n) is 10.8. The van der Waals surface area contributed by atoms with E-state index < -0.39 is 6.04 Å². The Kier molecular flexibility index (Phi) is 7.75. The molecule has 1 saturated heterocycles. The van der Waals surface area contributed by atoms with Crippen molar-refractivity contribution in [3.05, 3.63) is 59.1 Å². The molecule has 3 rings (SSSR count). The van der Waals surface area contributed by atoms with Gasteiger partial charge in [0.15, 0.2) is 0 Å². The van der Waals surface area contributed by atoms with Crippen LogP contribution in [0, 0.1) is 11.8 Å². The lowest BCUT2D eigenvalue weighted by molar-refractivity contribution is -0.122. The topological polar surface area (TPSA) is 105 Å². The summed E-state index contributed by atoms with van der Waals surface area (Å²) >= 11 is 5.88. The van der Waals surface area contributed by atoms with Gasteiger partial charge in [-0.2, -0.15) is 0 Å². The van der Waals surface area contributed by atoms with Crippen LogP contribution in [0.4, 0.5) is 11.4 Å². The van der Waals surface area contributed by atoms with Gasteiger partial charge in [-0.05, 0) is 67.3 Å². The fourth-order valence-corrected chi connectivity index (χ4v) is 3.88. The summed E-state index contributed by atoms with van der Waals surface area (Å²) in [6.07, 6.45) is 1.49. The Balaban J connectivity index is 1.60. The van der Waals surface area contributed by atoms with Crippen molar-refractivity contribution < 1.29 is 14.4 Å². The molecular formula is C24H29ClN4O3. The highest BCUT2D eigenvalue weighted by molar-refractivity contribution is 6.30. The molecular weight excluding hydrogens is 428 g/mol. The molecule has 1 atom stereocenters. The van der Waals surface area contributed by atoms with Gasteiger partial charge >= 0.3 is 0 Å². The largest absolute Gasteiger partial charge is 0.371 e. The molecule has 7 nitrogen and oxygen atoms in total. The van der Waals surface area contributed by atoms with Gasteiger partial charge in [0.05, 0.1) is 0 Å². The quantitative estimate of drug-likeness (QED) is 0.593. The highest BCUT2D eigenvalue weighted by atomic mass is 35.5. The van der Waals surface area contributed by atoms with E-state index >= 15 is 0 Å². The molecule has 1 fully saturated rings. The monoisotopic (exact) mass is 456 g/mol. The first-order valence-corrected chi connectivity index (χ1v) is 11.1. The molecule has 32 heavy (non-hydrogen) atoms. The molecule has 0 spiro atoms. The number of carbonyl (C=O) groups is 3. The zero-order valence-electron chi connectivity index (χ0n) is 18.3. The van der Waals surface area contributed by atoms with Crippen molar-refractivity contribution in [2.75, 3.05) is 23.3 Å². The Bertz CT molecular complexity index is 952. The summed E-state index contributed by atoms with van der Waals surface area (Å²) in [6, 6.07) is 13.4. The fourth-order valence-electron chi connectivity index (χ4n) is 3.76. The van der Waals surface area contributed by atoms with E-state index in [0.29, 0.717) is 16.3 Å². The van der Waals surface area contributed by atoms with Crippen LogP contribution < -0.4 is 21.3 Å². The molecule has 2 aromatic rings. The minimum Gasteiger partial charge on any atom is -0.371 e. The molecule has 1 aliphatic heterocycles. The van der Waals surface area contributed by atoms with Gasteiger partial charge in [-0.15, -0.1) is 0 Å². The Hall–Kier alpha value is -3.06. The van der Waals surface area contributed by atoms with Gasteiger partial charge in [0.1, 0.15) is 6.04 Å². The van der Waals surface area contributed by atoms with E-state index in [9.17, 15) is 14.4 Å². The van der Waals surface area contributed by atoms with Crippen molar-refractivity contribution in [3.8, 4) is 0 Å². The van der Waals surface area contributed by atoms with E-state index in [-0.39, 0.29) is 29.6 Å². The zero-order valence-corrected chi connectivity index (χ0v) is 19.1. The molecule has 8 heteroatoms. The number of primary amides is 1. The minimum absolute atomic E-state index is 0.0548. The number of nitrogens with two attached hydrogens (primary N) is 1. The van der Waals surface area contributed by atoms with E-state index in [2.05, 4.69) is 15.5 Å². The van der Waals surface area contributed by atoms with Crippen LogP contribution in [0.15, 0.2) is 48.5 Å². The van der Waals surface area contributed by atoms with Crippen molar-refractivity contribution in [1.82, 2.24) is 5.32 Å². The van der Waals surface area contributed by atoms with E-state index in [1.54, 1.807) is 24.3 Å². The van der Waals surface area contributed by atoms with Gasteiger partial charge in [-0.3, -0.25) is 14.4 Å². The fraction of sp³-hybridized carbons (Fsp3) is 0.375. The van der Waals surface area contributed by atoms with Crippen LogP contribution in [0.1, 0.15) is 37.0 Å². The lowest BCUT2D eigenvalue weighted by Gasteiger charge is -2.32. The molecule has 0 radical (unpaired) electrons. The number of hydrogen-bond acceptors (Lipinski definition) is 4. The number of nitrogens with one attached hydrogen (secondary N) is 2. The third kappa shape index (κ3) is 6.01. The highest BCUT2D eigenvalue weighted by Crippen LogP contribution is 2.24. The molecule has 4 N–H and O–H groups in total. The van der Waals surface area contributed by atoms with Crippen molar-refractivity contribution >= 4 is 40.7 Å². The molecule has 0 aliphatic carbocycles. The molecule has 0 bridgehead atoms. The van der Waals surface area contributed by atoms with E-state index in [1.807, 2.05) is 38.1 Å². The number of carbonyl (C=O) groups excluding carboxylic acids is 3. The molecule has 2 aromatic carbocycles. The lowest BCUT2D eigenvalue weighted by atomic mass is 9.96. The summed E-state index contributed by atoms with van der Waals surface area (Å²) in [7, 11) is 0. The Morgan fingerprint density at radius 3 is 2.12 bits per heavy atom. The molecule has 170 valence electrons. The number of halogens is 1. The number of amides is 3. The van der Waals surface area contributed by atoms with Crippen LogP contribution in [-0.2, 0) is 9.59 Å². The lowest BCUT2D eigenvalue weighted by Crippen LogP contribution is -2.47. The molecule has 1 aliphatic rings. The maximum absolute atomic E-state index is 12.9. The van der Waals surface area contributed by atoms with Crippen molar-refractivity contribution in [1.29, 1.82) is 0 Å². The van der Waals surface area contributed by atoms with E-state index in [0.717, 1.165) is 31.6 Å². The summed E-state index contributed by atoms with van der Waals surface area (Å²) in [6.45, 7) is 5.30. The van der Waals surface area contributed by atoms with Gasteiger partial charge in [0, 0.05) is 41.0 Å². The highest BCUT2D eigenvalue weighted by Gasteiger charge is 2.25. The molecule has 3 amide bonds. The van der Waals surface area contributed by atoms with E-state index in [1.165, 1.54) is 0 Å². The predicted octanol–water partition coefficient (Wildman–Crippen LogP) is 3.43. The summed E-state index contributed by atoms with van der Waals surface area (Å²) < 4.78 is 0. The number of nitrogens with zero attached hydrogens (tertiary/aromatic N) is 1. The van der Waals surface area contributed by atoms with Crippen molar-refractivity contribution in [2.45, 2.75) is 32.7 Å². The van der Waals surface area contributed by atoms with Gasteiger partial charge in [0.2, 0.25) is 11.8 Å². The molecule has 0 aromatic heterocycles. The van der Waals surface area contributed by atoms with Gasteiger partial charge < -0.3 is 21.3 Å². The van der Waals surface area contributed by atoms with Gasteiger partial charge in [-0.25, -0.2) is 0 Å². The maximum Gasteiger partial charge on any atom is 0.251 e. The number of rotatable bonds is 7. The van der Waals surface area contributed by atoms with E-state index in [4.69, 9.17) is 17.3 Å². The van der Waals surface area contributed by atoms with Crippen molar-refractivity contribution in [3.63, 3.8) is 0 Å². The Labute approximate surface area is 193 Å². The molecule has 1 heterocycles. The Morgan fingerprint density at radius 1 is 1.00 bits per heavy atom. The predicted molar refractivity (Wildman–Crippen MR) is 127 cm³/mol. The standard InChI is InChI=1S/C24H29ClN4O3/c1-15(2)21(28-23(31)17-3-5-18(25)6-4-17)24(32)27-19-7-9-20(10-8-19)29-13-11-16(12-14-29)22(26)30/h3-10,15-16,21H,11-14H2,1-2H3,(H2,26,30)(H,27,32)(H,28,31). The first-order chi connectivity index (χ1) is 15.2. The SMILES string of the molecule is CC(C)C(NC(=O)c1ccc(Cl)cc1)C(=O)Nc1ccc(N2CCC(C(N)=O)CC2)cc1. The van der Waals surface area contributed by atoms with Crippen LogP contribution in [0.3, 0.4) is 0 Å². The van der Waals surface area contributed by atoms with Crippen LogP contribution in [0.5, 0.6) is 0 Å². The second-order valence-electron chi connectivity index (χ2n) is 8.40. The summed E-state index contributed by atoms with van der Waals surface area (Å²) in [5.74, 6) is -0.994. The maximum atomic E-state index is 12.9. The minimum atomic E-state index is -0.689. The summed E-state index contributed by atoms with van der Waals surface area (Å²) in [5, 5.41) is 6.24. The summed E-state index contributed by atoms with van der Waals surface area (Å²) in [5.41, 5.74) is 7.53. The normalized spacial score (nSPS) is 15.3. The number of hydrogen-bond donors (Lipinski definition) is 3. The average molecular weight is 457 g/mol. The number of anilines is 2. The molecule has 1 unspecified atom stereocenters. The third-order valence-electron chi connectivity index (χ3n) is 5.74. The first kappa shape index (κ1) is 23.6. The average Bonchev–Trinajstić information content (AvgIpc) is 2.78. The van der Waals surface area contributed by atoms with Crippen LogP contribution in [0.2, 0.25) is 5.02 Å². The second kappa shape index (κ2) is 10.5. The van der Waals surface area contributed by atoms with Gasteiger partial charge in [-0.1, -0.05) is 25.4 Å². The second-order valence-corrected chi connectivity index (χ2v) is 8.84. The van der Waals surface area contributed by atoms with Crippen LogP contribution >= 0.6 is 11.6 Å².